The van der Waals surface area contributed by atoms with Gasteiger partial charge in [-0.2, -0.15) is 0 Å². The first-order valence-corrected chi connectivity index (χ1v) is 9.37. The van der Waals surface area contributed by atoms with Crippen molar-refractivity contribution in [3.05, 3.63) is 18.2 Å². The Hall–Kier alpha value is -1.69. The van der Waals surface area contributed by atoms with Crippen LogP contribution in [-0.4, -0.2) is 53.1 Å². The van der Waals surface area contributed by atoms with Gasteiger partial charge >= 0.3 is 0 Å². The van der Waals surface area contributed by atoms with Crippen molar-refractivity contribution in [1.29, 1.82) is 0 Å². The van der Waals surface area contributed by atoms with Gasteiger partial charge in [0.1, 0.15) is 0 Å². The van der Waals surface area contributed by atoms with Crippen LogP contribution in [0.25, 0.3) is 0 Å². The van der Waals surface area contributed by atoms with Crippen LogP contribution in [0.15, 0.2) is 23.1 Å². The number of alkyl halides is 2. The predicted octanol–water partition coefficient (Wildman–Crippen LogP) is 0.894. The third kappa shape index (κ3) is 8.24. The van der Waals surface area contributed by atoms with Gasteiger partial charge in [0.2, 0.25) is 15.9 Å². The van der Waals surface area contributed by atoms with Gasteiger partial charge in [-0.05, 0) is 26.0 Å². The number of halogens is 3. The Bertz CT molecular complexity index is 719. The number of benzene rings is 1. The Balaban J connectivity index is 0.00000676. The maximum Gasteiger partial charge on any atom is 0.277 e. The number of ether oxygens (including phenoxy) is 2. The lowest BCUT2D eigenvalue weighted by Crippen LogP contribution is -2.44. The maximum atomic E-state index is 13.0. The van der Waals surface area contributed by atoms with E-state index in [2.05, 4.69) is 0 Å². The number of sulfonamides is 1. The summed E-state index contributed by atoms with van der Waals surface area (Å²) in [7, 11) is -4.05. The number of hydrogen-bond donors (Lipinski definition) is 3. The minimum Gasteiger partial charge on any atom is -0.490 e. The van der Waals surface area contributed by atoms with E-state index < -0.39 is 41.5 Å². The molecule has 0 aliphatic rings. The van der Waals surface area contributed by atoms with Gasteiger partial charge in [0.15, 0.2) is 11.5 Å². The summed E-state index contributed by atoms with van der Waals surface area (Å²) in [6.45, 7) is 1.59. The van der Waals surface area contributed by atoms with Crippen LogP contribution in [0.2, 0.25) is 0 Å². The molecule has 0 aromatic heterocycles. The number of nitrogens with two attached hydrogens (primary N) is 1. The molecule has 8 nitrogen and oxygen atoms in total. The molecule has 1 rings (SSSR count). The minimum absolute atomic E-state index is 0. The second-order valence-electron chi connectivity index (χ2n) is 5.14. The maximum absolute atomic E-state index is 13.0. The zero-order valence-corrected chi connectivity index (χ0v) is 16.6. The zero-order chi connectivity index (χ0) is 19.8. The molecular formula is C15H24ClF2N3O5S. The van der Waals surface area contributed by atoms with Gasteiger partial charge in [-0.1, -0.05) is 0 Å². The fourth-order valence-electron chi connectivity index (χ4n) is 1.81. The highest BCUT2D eigenvalue weighted by Gasteiger charge is 2.27. The summed E-state index contributed by atoms with van der Waals surface area (Å²) in [6.07, 6.45) is 0. The Kier molecular flexibility index (Phi) is 10.5. The van der Waals surface area contributed by atoms with E-state index in [9.17, 15) is 22.0 Å². The standard InChI is InChI=1S/C15H23F2N3O5S.ClH/c1-3-24-12-6-5-11(7-13(12)25-4-2)26(22,23)20-8-14(21)19-10-15(16,17)9-18;/h5-7,20H,3-4,8-10,18H2,1-2H3,(H,19,21);1H. The summed E-state index contributed by atoms with van der Waals surface area (Å²) in [5, 5.41) is 1.91. The third-order valence-electron chi connectivity index (χ3n) is 3.09. The predicted molar refractivity (Wildman–Crippen MR) is 98.2 cm³/mol. The van der Waals surface area contributed by atoms with Gasteiger partial charge in [0.25, 0.3) is 5.92 Å². The zero-order valence-electron chi connectivity index (χ0n) is 15.0. The van der Waals surface area contributed by atoms with Crippen LogP contribution in [-0.2, 0) is 14.8 Å². The molecule has 0 bridgehead atoms. The highest BCUT2D eigenvalue weighted by Crippen LogP contribution is 2.30. The monoisotopic (exact) mass is 431 g/mol. The average Bonchev–Trinajstić information content (AvgIpc) is 2.60. The van der Waals surface area contributed by atoms with Crippen molar-refractivity contribution in [3.63, 3.8) is 0 Å². The van der Waals surface area contributed by atoms with Crippen molar-refractivity contribution in [1.82, 2.24) is 10.0 Å². The summed E-state index contributed by atoms with van der Waals surface area (Å²) in [4.78, 5) is 11.4. The molecule has 0 saturated carbocycles. The molecule has 0 aliphatic heterocycles. The molecule has 156 valence electrons. The van der Waals surface area contributed by atoms with Crippen molar-refractivity contribution in [2.75, 3.05) is 32.8 Å². The van der Waals surface area contributed by atoms with Crippen LogP contribution in [0.3, 0.4) is 0 Å². The van der Waals surface area contributed by atoms with Crippen molar-refractivity contribution in [2.24, 2.45) is 5.73 Å². The first-order valence-electron chi connectivity index (χ1n) is 7.89. The van der Waals surface area contributed by atoms with Gasteiger partial charge in [0, 0.05) is 6.07 Å². The van der Waals surface area contributed by atoms with Crippen molar-refractivity contribution >= 4 is 28.3 Å². The normalized spacial score (nSPS) is 11.4. The van der Waals surface area contributed by atoms with Crippen molar-refractivity contribution in [3.8, 4) is 11.5 Å². The molecule has 0 aliphatic carbocycles. The number of amides is 1. The quantitative estimate of drug-likeness (QED) is 0.478. The lowest BCUT2D eigenvalue weighted by Gasteiger charge is -2.15. The van der Waals surface area contributed by atoms with Crippen LogP contribution in [0.4, 0.5) is 8.78 Å². The van der Waals surface area contributed by atoms with Crippen LogP contribution in [0.1, 0.15) is 13.8 Å². The molecule has 1 aromatic rings. The molecule has 0 heterocycles. The summed E-state index contributed by atoms with van der Waals surface area (Å²) in [5.41, 5.74) is 4.85. The molecule has 1 amide bonds. The number of carbonyl (C=O) groups is 1. The van der Waals surface area contributed by atoms with E-state index in [1.807, 2.05) is 10.0 Å². The molecular weight excluding hydrogens is 408 g/mol. The molecule has 0 atom stereocenters. The van der Waals surface area contributed by atoms with Gasteiger partial charge in [-0.15, -0.1) is 12.4 Å². The largest absolute Gasteiger partial charge is 0.490 e. The van der Waals surface area contributed by atoms with Crippen LogP contribution in [0.5, 0.6) is 11.5 Å². The molecule has 0 radical (unpaired) electrons. The summed E-state index contributed by atoms with van der Waals surface area (Å²) in [5.74, 6) is -3.53. The first kappa shape index (κ1) is 25.3. The Morgan fingerprint density at radius 3 is 2.33 bits per heavy atom. The molecule has 0 spiro atoms. The van der Waals surface area contributed by atoms with E-state index in [4.69, 9.17) is 15.2 Å². The molecule has 0 fully saturated rings. The van der Waals surface area contributed by atoms with Crippen LogP contribution in [0, 0.1) is 0 Å². The fourth-order valence-corrected chi connectivity index (χ4v) is 2.80. The number of carbonyl (C=O) groups excluding carboxylic acids is 1. The van der Waals surface area contributed by atoms with Gasteiger partial charge in [-0.3, -0.25) is 4.79 Å². The summed E-state index contributed by atoms with van der Waals surface area (Å²) >= 11 is 0. The summed E-state index contributed by atoms with van der Waals surface area (Å²) in [6, 6.07) is 3.98. The van der Waals surface area contributed by atoms with E-state index in [0.29, 0.717) is 19.0 Å². The second-order valence-corrected chi connectivity index (χ2v) is 6.90. The molecule has 0 saturated heterocycles. The van der Waals surface area contributed by atoms with Crippen molar-refractivity contribution < 1.29 is 31.5 Å². The van der Waals surface area contributed by atoms with Gasteiger partial charge in [0.05, 0.1) is 37.7 Å². The van der Waals surface area contributed by atoms with E-state index in [-0.39, 0.29) is 23.1 Å². The average molecular weight is 432 g/mol. The van der Waals surface area contributed by atoms with E-state index >= 15 is 0 Å². The molecule has 12 heteroatoms. The Morgan fingerprint density at radius 1 is 1.19 bits per heavy atom. The van der Waals surface area contributed by atoms with E-state index in [0.717, 1.165) is 0 Å². The van der Waals surface area contributed by atoms with Crippen molar-refractivity contribution in [2.45, 2.75) is 24.7 Å². The topological polar surface area (TPSA) is 120 Å². The number of nitrogens with one attached hydrogen (secondary N) is 2. The van der Waals surface area contributed by atoms with Gasteiger partial charge in [-0.25, -0.2) is 21.9 Å². The van der Waals surface area contributed by atoms with Crippen LogP contribution < -0.4 is 25.2 Å². The molecule has 1 aromatic carbocycles. The fraction of sp³-hybridized carbons (Fsp3) is 0.533. The highest BCUT2D eigenvalue weighted by molar-refractivity contribution is 7.89. The van der Waals surface area contributed by atoms with Gasteiger partial charge < -0.3 is 20.5 Å². The second kappa shape index (κ2) is 11.2. The number of hydrogen-bond acceptors (Lipinski definition) is 6. The summed E-state index contributed by atoms with van der Waals surface area (Å²) < 4.78 is 63.2. The lowest BCUT2D eigenvalue weighted by molar-refractivity contribution is -0.121. The highest BCUT2D eigenvalue weighted by atomic mass is 35.5. The third-order valence-corrected chi connectivity index (χ3v) is 4.49. The lowest BCUT2D eigenvalue weighted by atomic mass is 10.3. The minimum atomic E-state index is -4.05. The van der Waals surface area contributed by atoms with E-state index in [1.54, 1.807) is 13.8 Å². The smallest absolute Gasteiger partial charge is 0.277 e. The molecule has 27 heavy (non-hydrogen) atoms. The number of rotatable bonds is 11. The molecule has 4 N–H and O–H groups in total. The first-order chi connectivity index (χ1) is 12.1. The van der Waals surface area contributed by atoms with E-state index in [1.165, 1.54) is 18.2 Å². The van der Waals surface area contributed by atoms with Crippen LogP contribution >= 0.6 is 12.4 Å². The molecule has 0 unspecified atom stereocenters. The SMILES string of the molecule is CCOc1ccc(S(=O)(=O)NCC(=O)NCC(F)(F)CN)cc1OCC.Cl. The Morgan fingerprint density at radius 2 is 1.78 bits per heavy atom. The Labute approximate surface area is 163 Å².